The molecule has 7 heteroatoms. The van der Waals surface area contributed by atoms with Crippen molar-refractivity contribution in [3.05, 3.63) is 0 Å². The Bertz CT molecular complexity index is 280. The molecule has 0 aromatic carbocycles. The van der Waals surface area contributed by atoms with Crippen molar-refractivity contribution >= 4 is 16.2 Å². The fourth-order valence-corrected chi connectivity index (χ4v) is 1.58. The standard InChI is InChI=1S/C5H12N4O2S/c1-3-9(4-2)5-6-8-12(10,11)7-5/h8H,3-4H2,1-2H3,(H,6,7). The Labute approximate surface area is 71.8 Å². The van der Waals surface area contributed by atoms with Crippen LogP contribution in [0.1, 0.15) is 13.8 Å². The largest absolute Gasteiger partial charge is 0.342 e. The second kappa shape index (κ2) is 3.28. The summed E-state index contributed by atoms with van der Waals surface area (Å²) in [6, 6.07) is 0. The number of hydrazine groups is 1. The van der Waals surface area contributed by atoms with E-state index in [0.29, 0.717) is 5.96 Å². The molecule has 0 saturated heterocycles. The first-order chi connectivity index (χ1) is 5.59. The van der Waals surface area contributed by atoms with Crippen LogP contribution in [0.5, 0.6) is 0 Å². The van der Waals surface area contributed by atoms with Crippen molar-refractivity contribution in [1.29, 1.82) is 0 Å². The second-order valence-corrected chi connectivity index (χ2v) is 3.63. The van der Waals surface area contributed by atoms with Gasteiger partial charge in [-0.25, -0.2) is 0 Å². The van der Waals surface area contributed by atoms with Gasteiger partial charge in [0.2, 0.25) is 5.96 Å². The maximum absolute atomic E-state index is 10.8. The Morgan fingerprint density at radius 2 is 2.00 bits per heavy atom. The highest BCUT2D eigenvalue weighted by molar-refractivity contribution is 7.88. The third-order valence-electron chi connectivity index (χ3n) is 1.56. The van der Waals surface area contributed by atoms with Gasteiger partial charge in [0.15, 0.2) is 0 Å². The molecule has 1 aliphatic heterocycles. The Morgan fingerprint density at radius 1 is 1.42 bits per heavy atom. The van der Waals surface area contributed by atoms with Crippen LogP contribution in [0, 0.1) is 0 Å². The Balaban J connectivity index is 2.78. The van der Waals surface area contributed by atoms with E-state index < -0.39 is 10.2 Å². The second-order valence-electron chi connectivity index (χ2n) is 2.29. The fourth-order valence-electron chi connectivity index (χ4n) is 0.930. The zero-order chi connectivity index (χ0) is 9.19. The van der Waals surface area contributed by atoms with E-state index in [9.17, 15) is 8.42 Å². The maximum atomic E-state index is 10.8. The van der Waals surface area contributed by atoms with E-state index in [4.69, 9.17) is 0 Å². The Morgan fingerprint density at radius 3 is 2.33 bits per heavy atom. The number of nitrogens with zero attached hydrogens (tertiary/aromatic N) is 2. The average molecular weight is 192 g/mol. The van der Waals surface area contributed by atoms with E-state index in [2.05, 4.69) is 14.7 Å². The van der Waals surface area contributed by atoms with Crippen molar-refractivity contribution in [2.45, 2.75) is 13.8 Å². The lowest BCUT2D eigenvalue weighted by molar-refractivity contribution is 0.448. The highest BCUT2D eigenvalue weighted by atomic mass is 32.2. The molecule has 70 valence electrons. The van der Waals surface area contributed by atoms with Crippen molar-refractivity contribution in [1.82, 2.24) is 15.2 Å². The van der Waals surface area contributed by atoms with Crippen molar-refractivity contribution < 1.29 is 8.42 Å². The third kappa shape index (κ3) is 1.86. The quantitative estimate of drug-likeness (QED) is 0.591. The van der Waals surface area contributed by atoms with Gasteiger partial charge in [-0.1, -0.05) is 0 Å². The molecule has 0 bridgehead atoms. The van der Waals surface area contributed by atoms with Gasteiger partial charge in [0.05, 0.1) is 0 Å². The van der Waals surface area contributed by atoms with Crippen LogP contribution in [0.15, 0.2) is 4.40 Å². The van der Waals surface area contributed by atoms with E-state index in [-0.39, 0.29) is 0 Å². The Kier molecular flexibility index (Phi) is 2.53. The summed E-state index contributed by atoms with van der Waals surface area (Å²) < 4.78 is 25.0. The van der Waals surface area contributed by atoms with Gasteiger partial charge in [0, 0.05) is 13.1 Å². The lowest BCUT2D eigenvalue weighted by Gasteiger charge is -2.18. The molecule has 0 fully saturated rings. The smallest absolute Gasteiger partial charge is 0.340 e. The van der Waals surface area contributed by atoms with E-state index in [1.807, 2.05) is 13.8 Å². The van der Waals surface area contributed by atoms with Gasteiger partial charge >= 0.3 is 10.2 Å². The van der Waals surface area contributed by atoms with Crippen LogP contribution in [0.25, 0.3) is 0 Å². The normalized spacial score (nSPS) is 20.0. The molecule has 0 saturated carbocycles. The van der Waals surface area contributed by atoms with Crippen LogP contribution in [-0.2, 0) is 10.2 Å². The first-order valence-corrected chi connectivity index (χ1v) is 5.15. The minimum absolute atomic E-state index is 0.361. The number of guanidine groups is 1. The van der Waals surface area contributed by atoms with E-state index in [0.717, 1.165) is 13.1 Å². The summed E-state index contributed by atoms with van der Waals surface area (Å²) in [5.74, 6) is 0.361. The molecule has 1 rings (SSSR count). The van der Waals surface area contributed by atoms with Crippen molar-refractivity contribution in [2.24, 2.45) is 4.40 Å². The summed E-state index contributed by atoms with van der Waals surface area (Å²) in [4.78, 5) is 3.88. The van der Waals surface area contributed by atoms with Gasteiger partial charge < -0.3 is 4.90 Å². The zero-order valence-corrected chi connectivity index (χ0v) is 7.85. The van der Waals surface area contributed by atoms with Gasteiger partial charge in [-0.2, -0.15) is 8.42 Å². The molecule has 1 aliphatic rings. The molecule has 12 heavy (non-hydrogen) atoms. The van der Waals surface area contributed by atoms with Crippen LogP contribution in [0.3, 0.4) is 0 Å². The molecule has 2 N–H and O–H groups in total. The summed E-state index contributed by atoms with van der Waals surface area (Å²) >= 11 is 0. The van der Waals surface area contributed by atoms with Gasteiger partial charge in [0.1, 0.15) is 0 Å². The minimum Gasteiger partial charge on any atom is -0.342 e. The van der Waals surface area contributed by atoms with Crippen LogP contribution in [0.2, 0.25) is 0 Å². The minimum atomic E-state index is -3.48. The first kappa shape index (κ1) is 9.27. The highest BCUT2D eigenvalue weighted by Crippen LogP contribution is 1.97. The molecule has 0 spiro atoms. The number of hydrogen-bond donors (Lipinski definition) is 2. The van der Waals surface area contributed by atoms with Crippen LogP contribution >= 0.6 is 0 Å². The number of nitrogens with one attached hydrogen (secondary N) is 2. The van der Waals surface area contributed by atoms with Crippen LogP contribution < -0.4 is 10.3 Å². The average Bonchev–Trinajstić information content (AvgIpc) is 2.34. The zero-order valence-electron chi connectivity index (χ0n) is 7.03. The molecule has 6 nitrogen and oxygen atoms in total. The molecule has 0 amide bonds. The fraction of sp³-hybridized carbons (Fsp3) is 0.800. The summed E-state index contributed by atoms with van der Waals surface area (Å²) in [5.41, 5.74) is 2.49. The van der Waals surface area contributed by atoms with Crippen LogP contribution in [-0.4, -0.2) is 32.4 Å². The summed E-state index contributed by atoms with van der Waals surface area (Å²) in [6.45, 7) is 5.30. The molecule has 0 unspecified atom stereocenters. The van der Waals surface area contributed by atoms with Crippen molar-refractivity contribution in [3.8, 4) is 0 Å². The van der Waals surface area contributed by atoms with Gasteiger partial charge in [-0.15, -0.1) is 9.23 Å². The molecule has 0 atom stereocenters. The summed E-state index contributed by atoms with van der Waals surface area (Å²) in [6.07, 6.45) is 0. The van der Waals surface area contributed by atoms with Gasteiger partial charge in [-0.3, -0.25) is 5.43 Å². The topological polar surface area (TPSA) is 73.8 Å². The van der Waals surface area contributed by atoms with E-state index >= 15 is 0 Å². The molecule has 0 aromatic heterocycles. The summed E-state index contributed by atoms with van der Waals surface area (Å²) in [5, 5.41) is 0. The monoisotopic (exact) mass is 192 g/mol. The van der Waals surface area contributed by atoms with E-state index in [1.54, 1.807) is 4.90 Å². The van der Waals surface area contributed by atoms with Gasteiger partial charge in [-0.05, 0) is 13.8 Å². The molecule has 1 heterocycles. The third-order valence-corrected chi connectivity index (χ3v) is 2.33. The van der Waals surface area contributed by atoms with Crippen molar-refractivity contribution in [3.63, 3.8) is 0 Å². The molecule has 0 aliphatic carbocycles. The van der Waals surface area contributed by atoms with Crippen LogP contribution in [0.4, 0.5) is 0 Å². The summed E-state index contributed by atoms with van der Waals surface area (Å²) in [7, 11) is -3.48. The Hall–Kier alpha value is -0.820. The predicted octanol–water partition coefficient (Wildman–Crippen LogP) is -0.963. The number of rotatable bonds is 2. The molecular formula is C5H12N4O2S. The number of hydrogen-bond acceptors (Lipinski definition) is 4. The van der Waals surface area contributed by atoms with Gasteiger partial charge in [0.25, 0.3) is 0 Å². The molecule has 0 aromatic rings. The SMILES string of the molecule is CCN(CC)C1=NS(=O)(=O)NN1. The lowest BCUT2D eigenvalue weighted by Crippen LogP contribution is -2.42. The van der Waals surface area contributed by atoms with Crippen molar-refractivity contribution in [2.75, 3.05) is 13.1 Å². The molecular weight excluding hydrogens is 180 g/mol. The lowest BCUT2D eigenvalue weighted by atomic mass is 10.5. The first-order valence-electron chi connectivity index (χ1n) is 3.71. The van der Waals surface area contributed by atoms with E-state index in [1.165, 1.54) is 0 Å². The maximum Gasteiger partial charge on any atom is 0.340 e. The predicted molar refractivity (Wildman–Crippen MR) is 45.5 cm³/mol. The molecule has 0 radical (unpaired) electrons. The highest BCUT2D eigenvalue weighted by Gasteiger charge is 2.21.